The largest absolute Gasteiger partial charge is 0.325 e. The lowest BCUT2D eigenvalue weighted by atomic mass is 10.3. The van der Waals surface area contributed by atoms with Crippen LogP contribution in [0.2, 0.25) is 0 Å². The van der Waals surface area contributed by atoms with Gasteiger partial charge in [-0.3, -0.25) is 0 Å². The van der Waals surface area contributed by atoms with Gasteiger partial charge in [-0.15, -0.1) is 0 Å². The molecule has 1 aliphatic heterocycles. The topological polar surface area (TPSA) is 29.3 Å². The fourth-order valence-corrected chi connectivity index (χ4v) is 1.24. The summed E-state index contributed by atoms with van der Waals surface area (Å²) in [7, 11) is 2.00. The molecule has 0 aromatic heterocycles. The van der Waals surface area contributed by atoms with Gasteiger partial charge in [0.2, 0.25) is 0 Å². The van der Waals surface area contributed by atoms with Gasteiger partial charge in [0.1, 0.15) is 6.20 Å². The maximum atomic E-state index is 5.85. The van der Waals surface area contributed by atoms with Gasteiger partial charge in [-0.25, -0.2) is 4.59 Å². The monoisotopic (exact) mass is 156 g/mol. The van der Waals surface area contributed by atoms with E-state index in [2.05, 4.69) is 18.0 Å². The lowest BCUT2D eigenvalue weighted by molar-refractivity contribution is -0.873. The van der Waals surface area contributed by atoms with E-state index in [-0.39, 0.29) is 0 Å². The van der Waals surface area contributed by atoms with Gasteiger partial charge in [0.15, 0.2) is 6.67 Å². The van der Waals surface area contributed by atoms with E-state index in [9.17, 15) is 0 Å². The van der Waals surface area contributed by atoms with Crippen LogP contribution in [0.3, 0.4) is 0 Å². The Bertz CT molecular complexity index is 151. The number of unbranched alkanes of at least 4 members (excludes halogenated alkanes) is 1. The minimum absolute atomic E-state index is 0.504. The van der Waals surface area contributed by atoms with Crippen molar-refractivity contribution in [3.63, 3.8) is 0 Å². The summed E-state index contributed by atoms with van der Waals surface area (Å²) in [5.41, 5.74) is 0. The lowest BCUT2D eigenvalue weighted by Gasteiger charge is -2.22. The highest BCUT2D eigenvalue weighted by Crippen LogP contribution is 2.09. The maximum absolute atomic E-state index is 5.85. The Morgan fingerprint density at radius 3 is 2.82 bits per heavy atom. The molecule has 11 heavy (non-hydrogen) atoms. The number of nitrogens with two attached hydrogens (primary N) is 1. The summed E-state index contributed by atoms with van der Waals surface area (Å²) in [6.45, 7) is 4.26. The van der Waals surface area contributed by atoms with Gasteiger partial charge in [0, 0.05) is 6.54 Å². The lowest BCUT2D eigenvalue weighted by Crippen LogP contribution is -2.47. The van der Waals surface area contributed by atoms with Crippen molar-refractivity contribution < 1.29 is 4.59 Å². The average Bonchev–Trinajstić information content (AvgIpc) is 2.26. The van der Waals surface area contributed by atoms with Crippen LogP contribution in [0.5, 0.6) is 0 Å². The Morgan fingerprint density at radius 1 is 1.64 bits per heavy atom. The first kappa shape index (κ1) is 8.56. The second-order valence-electron chi connectivity index (χ2n) is 3.45. The highest BCUT2D eigenvalue weighted by molar-refractivity contribution is 4.79. The third-order valence-corrected chi connectivity index (χ3v) is 1.90. The second kappa shape index (κ2) is 3.24. The molecule has 1 atom stereocenters. The molecule has 0 amide bonds. The minimum atomic E-state index is 0.504. The second-order valence-corrected chi connectivity index (χ2v) is 3.45. The molecule has 1 rings (SSSR count). The Morgan fingerprint density at radius 2 is 2.36 bits per heavy atom. The highest BCUT2D eigenvalue weighted by Gasteiger charge is 2.22. The maximum Gasteiger partial charge on any atom is 0.176 e. The fraction of sp³-hybridized carbons (Fsp3) is 0.750. The molecule has 0 saturated carbocycles. The van der Waals surface area contributed by atoms with Crippen molar-refractivity contribution in [2.75, 3.05) is 20.3 Å². The van der Waals surface area contributed by atoms with Crippen LogP contribution < -0.4 is 5.84 Å². The Hall–Kier alpha value is -0.540. The molecule has 64 valence electrons. The standard InChI is InChI=1S/C8H18N3/c1-3-4-5-10-6-7-11(2,9)8-10/h6-7H,3-5,8-9H2,1-2H3/q+1. The molecule has 3 nitrogen and oxygen atoms in total. The summed E-state index contributed by atoms with van der Waals surface area (Å²) >= 11 is 0. The molecule has 0 saturated heterocycles. The van der Waals surface area contributed by atoms with Crippen LogP contribution >= 0.6 is 0 Å². The van der Waals surface area contributed by atoms with Crippen LogP contribution in [0, 0.1) is 0 Å². The zero-order valence-electron chi connectivity index (χ0n) is 7.45. The summed E-state index contributed by atoms with van der Waals surface area (Å²) in [5.74, 6) is 5.85. The van der Waals surface area contributed by atoms with Gasteiger partial charge < -0.3 is 4.90 Å². The van der Waals surface area contributed by atoms with E-state index in [1.165, 1.54) is 12.8 Å². The summed E-state index contributed by atoms with van der Waals surface area (Å²) in [5, 5.41) is 0. The number of quaternary nitrogens is 1. The van der Waals surface area contributed by atoms with Crippen LogP contribution in [-0.4, -0.2) is 29.8 Å². The van der Waals surface area contributed by atoms with Crippen LogP contribution in [0.1, 0.15) is 19.8 Å². The van der Waals surface area contributed by atoms with Crippen LogP contribution in [0.4, 0.5) is 0 Å². The minimum Gasteiger partial charge on any atom is -0.325 e. The van der Waals surface area contributed by atoms with Gasteiger partial charge in [-0.2, -0.15) is 5.84 Å². The molecular formula is C8H18N3+. The van der Waals surface area contributed by atoms with Crippen molar-refractivity contribution in [1.82, 2.24) is 4.90 Å². The summed E-state index contributed by atoms with van der Waals surface area (Å²) in [4.78, 5) is 2.27. The van der Waals surface area contributed by atoms with Gasteiger partial charge in [-0.05, 0) is 6.42 Å². The average molecular weight is 156 g/mol. The molecule has 0 aliphatic carbocycles. The normalized spacial score (nSPS) is 29.9. The Labute approximate surface area is 68.6 Å². The predicted octanol–water partition coefficient (Wildman–Crippen LogP) is 0.851. The molecule has 1 aliphatic rings. The molecule has 0 spiro atoms. The summed E-state index contributed by atoms with van der Waals surface area (Å²) in [6.07, 6.45) is 6.62. The molecule has 0 radical (unpaired) electrons. The van der Waals surface area contributed by atoms with Crippen LogP contribution in [0.15, 0.2) is 12.4 Å². The smallest absolute Gasteiger partial charge is 0.176 e. The number of nitrogens with zero attached hydrogens (tertiary/aromatic N) is 2. The Kier molecular flexibility index (Phi) is 2.52. The molecule has 0 aromatic rings. The molecular weight excluding hydrogens is 138 g/mol. The zero-order valence-corrected chi connectivity index (χ0v) is 7.45. The van der Waals surface area contributed by atoms with Crippen molar-refractivity contribution in [2.45, 2.75) is 19.8 Å². The third-order valence-electron chi connectivity index (χ3n) is 1.90. The van der Waals surface area contributed by atoms with Crippen molar-refractivity contribution >= 4 is 0 Å². The van der Waals surface area contributed by atoms with Crippen molar-refractivity contribution in [3.05, 3.63) is 12.4 Å². The molecule has 1 unspecified atom stereocenters. The molecule has 1 heterocycles. The van der Waals surface area contributed by atoms with E-state index >= 15 is 0 Å². The van der Waals surface area contributed by atoms with Gasteiger partial charge in [0.05, 0.1) is 13.2 Å². The van der Waals surface area contributed by atoms with Crippen molar-refractivity contribution in [1.29, 1.82) is 0 Å². The van der Waals surface area contributed by atoms with Crippen LogP contribution in [-0.2, 0) is 0 Å². The molecule has 2 N–H and O–H groups in total. The highest BCUT2D eigenvalue weighted by atomic mass is 15.6. The van der Waals surface area contributed by atoms with Crippen LogP contribution in [0.25, 0.3) is 0 Å². The molecule has 3 heteroatoms. The SMILES string of the molecule is CCCCN1C=C[N+](C)(N)C1. The molecule has 0 aromatic carbocycles. The van der Waals surface area contributed by atoms with E-state index < -0.39 is 0 Å². The van der Waals surface area contributed by atoms with Gasteiger partial charge >= 0.3 is 0 Å². The molecule has 0 fully saturated rings. The van der Waals surface area contributed by atoms with Crippen molar-refractivity contribution in [3.8, 4) is 0 Å². The Balaban J connectivity index is 2.27. The number of hydrogen-bond donors (Lipinski definition) is 1. The fourth-order valence-electron chi connectivity index (χ4n) is 1.24. The van der Waals surface area contributed by atoms with Gasteiger partial charge in [0.25, 0.3) is 0 Å². The summed E-state index contributed by atoms with van der Waals surface area (Å²) < 4.78 is 0.504. The quantitative estimate of drug-likeness (QED) is 0.485. The van der Waals surface area contributed by atoms with E-state index in [4.69, 9.17) is 5.84 Å². The third kappa shape index (κ3) is 2.52. The first-order valence-electron chi connectivity index (χ1n) is 4.21. The predicted molar refractivity (Wildman–Crippen MR) is 46.0 cm³/mol. The van der Waals surface area contributed by atoms with E-state index in [0.717, 1.165) is 13.2 Å². The van der Waals surface area contributed by atoms with Crippen molar-refractivity contribution in [2.24, 2.45) is 5.84 Å². The molecule has 0 bridgehead atoms. The zero-order chi connectivity index (χ0) is 8.32. The first-order chi connectivity index (χ1) is 5.14. The van der Waals surface area contributed by atoms with E-state index in [1.54, 1.807) is 0 Å². The van der Waals surface area contributed by atoms with E-state index in [0.29, 0.717) is 4.59 Å². The van der Waals surface area contributed by atoms with E-state index in [1.807, 2.05) is 13.2 Å². The number of rotatable bonds is 3. The van der Waals surface area contributed by atoms with Gasteiger partial charge in [-0.1, -0.05) is 13.3 Å². The summed E-state index contributed by atoms with van der Waals surface area (Å²) in [6, 6.07) is 0. The number of hydrogen-bond acceptors (Lipinski definition) is 2. The first-order valence-corrected chi connectivity index (χ1v) is 4.21.